The number of benzene rings is 1. The molecule has 0 radical (unpaired) electrons. The number of halogens is 3. The van der Waals surface area contributed by atoms with Gasteiger partial charge < -0.3 is 10.4 Å². The minimum absolute atomic E-state index is 0.0343. The van der Waals surface area contributed by atoms with Gasteiger partial charge >= 0.3 is 5.51 Å². The Morgan fingerprint density at radius 2 is 1.95 bits per heavy atom. The zero-order valence-electron chi connectivity index (χ0n) is 10.5. The second-order valence-electron chi connectivity index (χ2n) is 4.69. The van der Waals surface area contributed by atoms with Gasteiger partial charge in [0.15, 0.2) is 0 Å². The lowest BCUT2D eigenvalue weighted by Crippen LogP contribution is -2.33. The van der Waals surface area contributed by atoms with Crippen LogP contribution in [0.3, 0.4) is 0 Å². The summed E-state index contributed by atoms with van der Waals surface area (Å²) in [5.41, 5.74) is -4.06. The van der Waals surface area contributed by atoms with E-state index in [9.17, 15) is 23.1 Å². The number of hydrogen-bond donors (Lipinski definition) is 2. The highest BCUT2D eigenvalue weighted by Crippen LogP contribution is 2.36. The zero-order chi connectivity index (χ0) is 14.8. The maximum absolute atomic E-state index is 12.1. The van der Waals surface area contributed by atoms with Gasteiger partial charge in [0.25, 0.3) is 5.91 Å². The number of thioether (sulfide) groups is 1. The second-order valence-corrected chi connectivity index (χ2v) is 5.83. The molecule has 1 aromatic rings. The van der Waals surface area contributed by atoms with Crippen molar-refractivity contribution in [3.63, 3.8) is 0 Å². The van der Waals surface area contributed by atoms with Crippen LogP contribution < -0.4 is 5.32 Å². The molecule has 1 fully saturated rings. The van der Waals surface area contributed by atoms with E-state index >= 15 is 0 Å². The lowest BCUT2D eigenvalue weighted by molar-refractivity contribution is -0.0328. The fourth-order valence-electron chi connectivity index (χ4n) is 1.75. The van der Waals surface area contributed by atoms with E-state index in [2.05, 4.69) is 5.32 Å². The van der Waals surface area contributed by atoms with E-state index in [4.69, 9.17) is 0 Å². The van der Waals surface area contributed by atoms with Crippen molar-refractivity contribution >= 4 is 17.7 Å². The van der Waals surface area contributed by atoms with Gasteiger partial charge in [0, 0.05) is 17.0 Å². The number of nitrogens with one attached hydrogen (secondary N) is 1. The number of carbonyl (C=O) groups is 1. The van der Waals surface area contributed by atoms with Crippen LogP contribution in [0.2, 0.25) is 0 Å². The molecule has 7 heteroatoms. The van der Waals surface area contributed by atoms with Gasteiger partial charge in [-0.3, -0.25) is 4.79 Å². The Bertz CT molecular complexity index is 471. The number of aliphatic hydroxyl groups is 1. The summed E-state index contributed by atoms with van der Waals surface area (Å²) < 4.78 is 36.4. The normalized spacial score (nSPS) is 16.8. The third-order valence-corrected chi connectivity index (χ3v) is 3.73. The van der Waals surface area contributed by atoms with Crippen molar-refractivity contribution < 1.29 is 23.1 Å². The highest BCUT2D eigenvalue weighted by atomic mass is 32.2. The molecule has 0 bridgehead atoms. The number of alkyl halides is 3. The topological polar surface area (TPSA) is 49.3 Å². The van der Waals surface area contributed by atoms with Crippen molar-refractivity contribution in [3.8, 4) is 0 Å². The molecule has 20 heavy (non-hydrogen) atoms. The Balaban J connectivity index is 1.86. The molecule has 1 saturated carbocycles. The molecule has 1 atom stereocenters. The summed E-state index contributed by atoms with van der Waals surface area (Å²) in [5.74, 6) is -0.130. The summed E-state index contributed by atoms with van der Waals surface area (Å²) in [6, 6.07) is 5.19. The molecule has 1 aromatic carbocycles. The molecule has 0 aromatic heterocycles. The third-order valence-electron chi connectivity index (χ3n) is 2.99. The fraction of sp³-hybridized carbons (Fsp3) is 0.462. The van der Waals surface area contributed by atoms with Crippen molar-refractivity contribution in [3.05, 3.63) is 29.8 Å². The van der Waals surface area contributed by atoms with Crippen LogP contribution in [0.4, 0.5) is 13.2 Å². The van der Waals surface area contributed by atoms with E-state index in [1.54, 1.807) is 0 Å². The predicted molar refractivity (Wildman–Crippen MR) is 69.4 cm³/mol. The van der Waals surface area contributed by atoms with Gasteiger partial charge in [0.05, 0.1) is 6.10 Å². The summed E-state index contributed by atoms with van der Waals surface area (Å²) in [5, 5.41) is 12.2. The molecular weight excluding hydrogens is 291 g/mol. The molecule has 0 saturated heterocycles. The monoisotopic (exact) mass is 305 g/mol. The molecule has 2 N–H and O–H groups in total. The molecule has 3 nitrogen and oxygen atoms in total. The highest BCUT2D eigenvalue weighted by molar-refractivity contribution is 8.00. The van der Waals surface area contributed by atoms with Crippen molar-refractivity contribution in [2.45, 2.75) is 29.3 Å². The summed E-state index contributed by atoms with van der Waals surface area (Å²) in [6.07, 6.45) is 1.40. The number of aliphatic hydroxyl groups excluding tert-OH is 1. The summed E-state index contributed by atoms with van der Waals surface area (Å²) in [6.45, 7) is 0.169. The van der Waals surface area contributed by atoms with Crippen LogP contribution in [0.25, 0.3) is 0 Å². The molecular formula is C13H14F3NO2S. The average Bonchev–Trinajstić information content (AvgIpc) is 3.18. The first-order chi connectivity index (χ1) is 9.35. The first-order valence-corrected chi connectivity index (χ1v) is 6.99. The van der Waals surface area contributed by atoms with Gasteiger partial charge in [0.1, 0.15) is 0 Å². The van der Waals surface area contributed by atoms with E-state index in [1.807, 2.05) is 0 Å². The Morgan fingerprint density at radius 1 is 1.35 bits per heavy atom. The Labute approximate surface area is 118 Å². The van der Waals surface area contributed by atoms with Crippen LogP contribution in [-0.2, 0) is 0 Å². The predicted octanol–water partition coefficient (Wildman–Crippen LogP) is 2.80. The van der Waals surface area contributed by atoms with Gasteiger partial charge in [-0.1, -0.05) is 0 Å². The van der Waals surface area contributed by atoms with Crippen LogP contribution in [0.15, 0.2) is 29.2 Å². The molecule has 1 aliphatic rings. The minimum atomic E-state index is -4.34. The maximum atomic E-state index is 12.1. The van der Waals surface area contributed by atoms with Gasteiger partial charge in [-0.25, -0.2) is 0 Å². The van der Waals surface area contributed by atoms with Crippen molar-refractivity contribution in [2.24, 2.45) is 5.92 Å². The molecule has 2 rings (SSSR count). The minimum Gasteiger partial charge on any atom is -0.391 e. The van der Waals surface area contributed by atoms with Gasteiger partial charge in [-0.05, 0) is 54.8 Å². The molecule has 0 aliphatic heterocycles. The second kappa shape index (κ2) is 6.05. The number of carbonyl (C=O) groups excluding carboxylic acids is 1. The van der Waals surface area contributed by atoms with Crippen LogP contribution in [0.1, 0.15) is 23.2 Å². The molecule has 1 aliphatic carbocycles. The SMILES string of the molecule is O=C(NCC(O)C1CC1)c1ccc(SC(F)(F)F)cc1. The van der Waals surface area contributed by atoms with Crippen LogP contribution in [0, 0.1) is 5.92 Å². The molecule has 0 heterocycles. The largest absolute Gasteiger partial charge is 0.446 e. The fourth-order valence-corrected chi connectivity index (χ4v) is 2.29. The molecule has 1 amide bonds. The highest BCUT2D eigenvalue weighted by Gasteiger charge is 2.30. The Hall–Kier alpha value is -1.21. The quantitative estimate of drug-likeness (QED) is 0.823. The van der Waals surface area contributed by atoms with Crippen LogP contribution in [-0.4, -0.2) is 29.2 Å². The molecule has 0 spiro atoms. The Kier molecular flexibility index (Phi) is 4.59. The van der Waals surface area contributed by atoms with Crippen molar-refractivity contribution in [2.75, 3.05) is 6.54 Å². The van der Waals surface area contributed by atoms with E-state index in [0.29, 0.717) is 0 Å². The summed E-state index contributed by atoms with van der Waals surface area (Å²) in [4.78, 5) is 11.8. The molecule has 1 unspecified atom stereocenters. The van der Waals surface area contributed by atoms with E-state index in [-0.39, 0.29) is 34.7 Å². The first-order valence-electron chi connectivity index (χ1n) is 6.17. The summed E-state index contributed by atoms with van der Waals surface area (Å²) in [7, 11) is 0. The summed E-state index contributed by atoms with van der Waals surface area (Å²) >= 11 is -0.220. The molecule has 110 valence electrons. The standard InChI is InChI=1S/C13H14F3NO2S/c14-13(15,16)20-10-5-3-9(4-6-10)12(19)17-7-11(18)8-1-2-8/h3-6,8,11,18H,1-2,7H2,(H,17,19). The third kappa shape index (κ3) is 4.72. The lowest BCUT2D eigenvalue weighted by Gasteiger charge is -2.11. The van der Waals surface area contributed by atoms with Gasteiger partial charge in [-0.2, -0.15) is 13.2 Å². The van der Waals surface area contributed by atoms with Crippen LogP contribution in [0.5, 0.6) is 0 Å². The smallest absolute Gasteiger partial charge is 0.391 e. The number of hydrogen-bond acceptors (Lipinski definition) is 3. The maximum Gasteiger partial charge on any atom is 0.446 e. The number of rotatable bonds is 5. The average molecular weight is 305 g/mol. The Morgan fingerprint density at radius 3 is 2.45 bits per heavy atom. The van der Waals surface area contributed by atoms with Crippen LogP contribution >= 0.6 is 11.8 Å². The lowest BCUT2D eigenvalue weighted by atomic mass is 10.2. The van der Waals surface area contributed by atoms with E-state index < -0.39 is 17.5 Å². The van der Waals surface area contributed by atoms with E-state index in [0.717, 1.165) is 12.8 Å². The number of amides is 1. The van der Waals surface area contributed by atoms with Crippen molar-refractivity contribution in [1.82, 2.24) is 5.32 Å². The van der Waals surface area contributed by atoms with Crippen molar-refractivity contribution in [1.29, 1.82) is 0 Å². The van der Waals surface area contributed by atoms with E-state index in [1.165, 1.54) is 24.3 Å². The van der Waals surface area contributed by atoms with Gasteiger partial charge in [-0.15, -0.1) is 0 Å². The first kappa shape index (κ1) is 15.2. The van der Waals surface area contributed by atoms with Gasteiger partial charge in [0.2, 0.25) is 0 Å². The zero-order valence-corrected chi connectivity index (χ0v) is 11.3.